The summed E-state index contributed by atoms with van der Waals surface area (Å²) >= 11 is 1.07. The number of rotatable bonds is 7. The molecule has 42 heavy (non-hydrogen) atoms. The monoisotopic (exact) mass is 612 g/mol. The van der Waals surface area contributed by atoms with Gasteiger partial charge in [0, 0.05) is 67.6 Å². The minimum absolute atomic E-state index is 0.0161. The number of nitrogen functional groups attached to an aromatic ring is 1. The average Bonchev–Trinajstić information content (AvgIpc) is 3.73. The summed E-state index contributed by atoms with van der Waals surface area (Å²) in [7, 11) is -0.760. The topological polar surface area (TPSA) is 137 Å². The molecule has 6 heterocycles. The van der Waals surface area contributed by atoms with Gasteiger partial charge in [-0.25, -0.2) is 9.37 Å². The number of aromatic nitrogens is 5. The molecular formula is C27H29FN8O4S2. The van der Waals surface area contributed by atoms with Gasteiger partial charge < -0.3 is 19.8 Å². The number of hydrogen-bond acceptors (Lipinski definition) is 11. The highest BCUT2D eigenvalue weighted by molar-refractivity contribution is 7.85. The van der Waals surface area contributed by atoms with Gasteiger partial charge >= 0.3 is 4.87 Å². The number of nitrogens with zero attached hydrogens (tertiary/aromatic N) is 7. The van der Waals surface area contributed by atoms with Gasteiger partial charge in [0.05, 0.1) is 12.0 Å². The lowest BCUT2D eigenvalue weighted by atomic mass is 10.2. The molecular weight excluding hydrogens is 583 g/mol. The van der Waals surface area contributed by atoms with Crippen LogP contribution in [0.4, 0.5) is 16.0 Å². The molecule has 0 spiro atoms. The molecule has 2 aliphatic rings. The summed E-state index contributed by atoms with van der Waals surface area (Å²) in [6.07, 6.45) is 2.98. The zero-order valence-corrected chi connectivity index (χ0v) is 24.3. The van der Waals surface area contributed by atoms with E-state index in [9.17, 15) is 9.00 Å². The van der Waals surface area contributed by atoms with Gasteiger partial charge in [-0.2, -0.15) is 9.50 Å². The van der Waals surface area contributed by atoms with E-state index in [0.717, 1.165) is 37.3 Å². The van der Waals surface area contributed by atoms with Gasteiger partial charge in [-0.3, -0.25) is 18.5 Å². The Balaban J connectivity index is 0.998. The number of fused-ring (bicyclic) bond motifs is 3. The molecule has 0 unspecified atom stereocenters. The molecule has 12 nitrogen and oxygen atoms in total. The van der Waals surface area contributed by atoms with Crippen molar-refractivity contribution in [1.29, 1.82) is 0 Å². The second-order valence-corrected chi connectivity index (χ2v) is 13.1. The highest BCUT2D eigenvalue weighted by Crippen LogP contribution is 2.28. The van der Waals surface area contributed by atoms with Crippen LogP contribution in [0.2, 0.25) is 0 Å². The molecule has 0 bridgehead atoms. The molecule has 2 N–H and O–H groups in total. The molecule has 0 atom stereocenters. The van der Waals surface area contributed by atoms with Crippen LogP contribution in [0.3, 0.4) is 0 Å². The highest BCUT2D eigenvalue weighted by atomic mass is 32.2. The van der Waals surface area contributed by atoms with E-state index in [4.69, 9.17) is 14.9 Å². The summed E-state index contributed by atoms with van der Waals surface area (Å²) in [6, 6.07) is 8.54. The molecule has 2 saturated heterocycles. The van der Waals surface area contributed by atoms with E-state index < -0.39 is 10.8 Å². The normalized spacial score (nSPS) is 20.1. The fraction of sp³-hybridized carbons (Fsp3) is 0.407. The predicted molar refractivity (Wildman–Crippen MR) is 159 cm³/mol. The minimum atomic E-state index is -0.760. The molecule has 2 aliphatic heterocycles. The van der Waals surface area contributed by atoms with Crippen LogP contribution >= 0.6 is 11.3 Å². The van der Waals surface area contributed by atoms with E-state index in [-0.39, 0.29) is 22.7 Å². The third kappa shape index (κ3) is 5.16. The number of halogens is 1. The first-order valence-electron chi connectivity index (χ1n) is 13.8. The van der Waals surface area contributed by atoms with Crippen LogP contribution in [-0.2, 0) is 17.3 Å². The number of nitrogens with two attached hydrogens (primary N) is 1. The van der Waals surface area contributed by atoms with Crippen molar-refractivity contribution in [3.05, 3.63) is 52.1 Å². The molecule has 0 radical (unpaired) electrons. The van der Waals surface area contributed by atoms with Crippen molar-refractivity contribution < 1.29 is 17.8 Å². The van der Waals surface area contributed by atoms with Gasteiger partial charge in [0.1, 0.15) is 22.4 Å². The molecule has 1 aromatic carbocycles. The standard InChI is InChI=1S/C27H29FN8O4S2/c28-19-16-18(40-17-5-14-42(38)15-6-17)3-4-20(19)34-10-7-33(8-11-34)9-12-35-24-22(41-27(35)37)25-30-23(21-2-1-13-39-21)32-36(25)26(29)31-24/h1-4,13,16-17H,5-12,14-15H2,(H2,29,31). The molecule has 0 aliphatic carbocycles. The Hall–Kier alpha value is -3.82. The minimum Gasteiger partial charge on any atom is -0.490 e. The van der Waals surface area contributed by atoms with E-state index in [0.29, 0.717) is 76.7 Å². The first-order valence-corrected chi connectivity index (χ1v) is 16.1. The molecule has 220 valence electrons. The molecule has 0 saturated carbocycles. The lowest BCUT2D eigenvalue weighted by Gasteiger charge is -2.36. The second-order valence-electron chi connectivity index (χ2n) is 10.4. The van der Waals surface area contributed by atoms with E-state index >= 15 is 4.39 Å². The summed E-state index contributed by atoms with van der Waals surface area (Å²) in [6.45, 7) is 3.85. The van der Waals surface area contributed by atoms with Crippen LogP contribution in [0, 0.1) is 5.82 Å². The van der Waals surface area contributed by atoms with Crippen molar-refractivity contribution >= 4 is 49.8 Å². The summed E-state index contributed by atoms with van der Waals surface area (Å²) in [4.78, 5) is 26.2. The summed E-state index contributed by atoms with van der Waals surface area (Å²) in [5.74, 6) is 2.48. The third-order valence-electron chi connectivity index (χ3n) is 7.77. The Bertz CT molecular complexity index is 1820. The van der Waals surface area contributed by atoms with Crippen LogP contribution in [0.15, 0.2) is 45.8 Å². The van der Waals surface area contributed by atoms with E-state index in [1.54, 1.807) is 29.0 Å². The zero-order valence-electron chi connectivity index (χ0n) is 22.6. The van der Waals surface area contributed by atoms with Crippen LogP contribution < -0.4 is 20.2 Å². The molecule has 7 rings (SSSR count). The predicted octanol–water partition coefficient (Wildman–Crippen LogP) is 2.59. The van der Waals surface area contributed by atoms with Gasteiger partial charge in [-0.05, 0) is 37.1 Å². The Labute approximate surface area is 246 Å². The first-order chi connectivity index (χ1) is 20.4. The van der Waals surface area contributed by atoms with E-state index in [1.165, 1.54) is 10.6 Å². The van der Waals surface area contributed by atoms with E-state index in [2.05, 4.69) is 20.0 Å². The highest BCUT2D eigenvalue weighted by Gasteiger charge is 2.24. The van der Waals surface area contributed by atoms with Crippen LogP contribution in [-0.4, -0.2) is 83.6 Å². The quantitative estimate of drug-likeness (QED) is 0.292. The SMILES string of the molecule is Nc1nc2c(sc(=O)n2CCN2CCN(c3ccc(OC4CCS(=O)CC4)cc3F)CC2)c2nc(-c3ccco3)nn12. The lowest BCUT2D eigenvalue weighted by Crippen LogP contribution is -2.47. The molecule has 4 aromatic heterocycles. The van der Waals surface area contributed by atoms with Crippen molar-refractivity contribution in [2.75, 3.05) is 54.9 Å². The van der Waals surface area contributed by atoms with Crippen molar-refractivity contribution in [3.8, 4) is 17.3 Å². The molecule has 2 fully saturated rings. The Morgan fingerprint density at radius 3 is 2.64 bits per heavy atom. The number of piperazine rings is 1. The zero-order chi connectivity index (χ0) is 28.8. The Morgan fingerprint density at radius 2 is 1.90 bits per heavy atom. The number of benzene rings is 1. The average molecular weight is 613 g/mol. The third-order valence-corrected chi connectivity index (χ3v) is 10.1. The fourth-order valence-corrected chi connectivity index (χ4v) is 7.68. The number of hydrogen-bond donors (Lipinski definition) is 1. The smallest absolute Gasteiger partial charge is 0.309 e. The Morgan fingerprint density at radius 1 is 1.10 bits per heavy atom. The largest absolute Gasteiger partial charge is 0.490 e. The molecule has 15 heteroatoms. The van der Waals surface area contributed by atoms with Crippen molar-refractivity contribution in [3.63, 3.8) is 0 Å². The van der Waals surface area contributed by atoms with Gasteiger partial charge in [-0.1, -0.05) is 11.3 Å². The number of ether oxygens (including phenoxy) is 1. The Kier molecular flexibility index (Phi) is 7.15. The molecule has 0 amide bonds. The van der Waals surface area contributed by atoms with Crippen molar-refractivity contribution in [2.45, 2.75) is 25.5 Å². The number of anilines is 2. The fourth-order valence-electron chi connectivity index (χ4n) is 5.49. The number of thiazole rings is 1. The molecule has 5 aromatic rings. The van der Waals surface area contributed by atoms with Crippen LogP contribution in [0.5, 0.6) is 5.75 Å². The lowest BCUT2D eigenvalue weighted by molar-refractivity contribution is 0.190. The van der Waals surface area contributed by atoms with Gasteiger partial charge in [0.2, 0.25) is 11.8 Å². The van der Waals surface area contributed by atoms with Crippen molar-refractivity contribution in [2.24, 2.45) is 0 Å². The van der Waals surface area contributed by atoms with Crippen molar-refractivity contribution in [1.82, 2.24) is 29.0 Å². The maximum atomic E-state index is 15.0. The van der Waals surface area contributed by atoms with Crippen LogP contribution in [0.25, 0.3) is 27.6 Å². The van der Waals surface area contributed by atoms with Crippen LogP contribution in [0.1, 0.15) is 12.8 Å². The first kappa shape index (κ1) is 27.0. The van der Waals surface area contributed by atoms with Gasteiger partial charge in [-0.15, -0.1) is 5.10 Å². The maximum Gasteiger partial charge on any atom is 0.309 e. The number of furan rings is 1. The van der Waals surface area contributed by atoms with Gasteiger partial charge in [0.15, 0.2) is 17.1 Å². The van der Waals surface area contributed by atoms with E-state index in [1.807, 2.05) is 11.0 Å². The summed E-state index contributed by atoms with van der Waals surface area (Å²) < 4.78 is 41.6. The second kappa shape index (κ2) is 11.1. The summed E-state index contributed by atoms with van der Waals surface area (Å²) in [5.41, 5.74) is 7.69. The summed E-state index contributed by atoms with van der Waals surface area (Å²) in [5, 5.41) is 4.40. The van der Waals surface area contributed by atoms with Gasteiger partial charge in [0.25, 0.3) is 0 Å². The maximum absolute atomic E-state index is 15.0.